The molecule has 3 heteroatoms. The van der Waals surface area contributed by atoms with Crippen molar-refractivity contribution in [2.45, 2.75) is 12.5 Å². The Balaban J connectivity index is 2.46. The van der Waals surface area contributed by atoms with E-state index in [1.165, 1.54) is 14.8 Å². The van der Waals surface area contributed by atoms with Gasteiger partial charge in [-0.15, -0.1) is 0 Å². The zero-order valence-corrected chi connectivity index (χ0v) is 8.84. The minimum atomic E-state index is 0.221. The van der Waals surface area contributed by atoms with E-state index in [9.17, 15) is 0 Å². The van der Waals surface area contributed by atoms with Gasteiger partial charge in [0.25, 0.3) is 0 Å². The summed E-state index contributed by atoms with van der Waals surface area (Å²) in [5.74, 6) is 0. The van der Waals surface area contributed by atoms with Crippen molar-refractivity contribution in [1.29, 1.82) is 0 Å². The Labute approximate surface area is 85.7 Å². The molecular formula is C9H11IN2. The maximum absolute atomic E-state index is 5.95. The largest absolute Gasteiger partial charge is 0.385 e. The van der Waals surface area contributed by atoms with E-state index in [-0.39, 0.29) is 6.04 Å². The Morgan fingerprint density at radius 3 is 3.17 bits per heavy atom. The molecular weight excluding hydrogens is 263 g/mol. The molecule has 1 aliphatic heterocycles. The second-order valence-electron chi connectivity index (χ2n) is 3.05. The summed E-state index contributed by atoms with van der Waals surface area (Å²) in [6.07, 6.45) is 1.04. The van der Waals surface area contributed by atoms with Crippen LogP contribution in [-0.2, 0) is 0 Å². The minimum Gasteiger partial charge on any atom is -0.385 e. The summed E-state index contributed by atoms with van der Waals surface area (Å²) in [5, 5.41) is 3.35. The molecule has 2 nitrogen and oxygen atoms in total. The number of halogens is 1. The van der Waals surface area contributed by atoms with Crippen LogP contribution in [0.1, 0.15) is 18.0 Å². The maximum Gasteiger partial charge on any atom is 0.0399 e. The Morgan fingerprint density at radius 2 is 2.33 bits per heavy atom. The summed E-state index contributed by atoms with van der Waals surface area (Å²) < 4.78 is 1.26. The zero-order chi connectivity index (χ0) is 8.55. The van der Waals surface area contributed by atoms with Crippen LogP contribution in [0.3, 0.4) is 0 Å². The van der Waals surface area contributed by atoms with Gasteiger partial charge in [0.1, 0.15) is 0 Å². The summed E-state index contributed by atoms with van der Waals surface area (Å²) in [7, 11) is 0. The molecule has 12 heavy (non-hydrogen) atoms. The highest BCUT2D eigenvalue weighted by Gasteiger charge is 2.15. The molecule has 0 spiro atoms. The summed E-state index contributed by atoms with van der Waals surface area (Å²) in [5.41, 5.74) is 8.41. The van der Waals surface area contributed by atoms with Crippen molar-refractivity contribution in [2.75, 3.05) is 11.9 Å². The van der Waals surface area contributed by atoms with Crippen LogP contribution in [0.25, 0.3) is 0 Å². The predicted octanol–water partition coefficient (Wildman–Crippen LogP) is 2.11. The molecule has 0 aliphatic carbocycles. The molecule has 1 atom stereocenters. The number of nitrogens with one attached hydrogen (secondary N) is 1. The fourth-order valence-electron chi connectivity index (χ4n) is 1.52. The van der Waals surface area contributed by atoms with Crippen molar-refractivity contribution in [3.8, 4) is 0 Å². The van der Waals surface area contributed by atoms with Gasteiger partial charge in [-0.25, -0.2) is 0 Å². The van der Waals surface area contributed by atoms with Gasteiger partial charge in [-0.2, -0.15) is 0 Å². The molecule has 1 aliphatic rings. The third-order valence-electron chi connectivity index (χ3n) is 2.19. The molecule has 1 aromatic carbocycles. The quantitative estimate of drug-likeness (QED) is 0.711. The highest BCUT2D eigenvalue weighted by atomic mass is 127. The van der Waals surface area contributed by atoms with E-state index in [2.05, 4.69) is 46.1 Å². The smallest absolute Gasteiger partial charge is 0.0399 e. The molecule has 0 unspecified atom stereocenters. The average Bonchev–Trinajstić information content (AvgIpc) is 2.04. The molecule has 0 radical (unpaired) electrons. The van der Waals surface area contributed by atoms with Gasteiger partial charge in [0.05, 0.1) is 0 Å². The van der Waals surface area contributed by atoms with E-state index in [1.54, 1.807) is 0 Å². The number of benzene rings is 1. The number of anilines is 1. The molecule has 0 aromatic heterocycles. The molecule has 2 rings (SSSR count). The molecule has 1 heterocycles. The van der Waals surface area contributed by atoms with Gasteiger partial charge in [-0.05, 0) is 46.7 Å². The van der Waals surface area contributed by atoms with Crippen LogP contribution in [0.4, 0.5) is 5.69 Å². The van der Waals surface area contributed by atoms with Crippen LogP contribution in [0.2, 0.25) is 0 Å². The SMILES string of the molecule is N[C@H]1CCNc2cc(I)ccc21. The third-order valence-corrected chi connectivity index (χ3v) is 2.86. The van der Waals surface area contributed by atoms with Gasteiger partial charge in [0, 0.05) is 21.8 Å². The lowest BCUT2D eigenvalue weighted by atomic mass is 9.99. The summed E-state index contributed by atoms with van der Waals surface area (Å²) in [4.78, 5) is 0. The van der Waals surface area contributed by atoms with Gasteiger partial charge in [0.2, 0.25) is 0 Å². The van der Waals surface area contributed by atoms with E-state index in [1.807, 2.05) is 0 Å². The van der Waals surface area contributed by atoms with E-state index < -0.39 is 0 Å². The van der Waals surface area contributed by atoms with Crippen molar-refractivity contribution in [3.63, 3.8) is 0 Å². The summed E-state index contributed by atoms with van der Waals surface area (Å²) in [6, 6.07) is 6.59. The van der Waals surface area contributed by atoms with Crippen molar-refractivity contribution >= 4 is 28.3 Å². The van der Waals surface area contributed by atoms with E-state index in [0.717, 1.165) is 13.0 Å². The Hall–Kier alpha value is -0.290. The highest BCUT2D eigenvalue weighted by molar-refractivity contribution is 14.1. The van der Waals surface area contributed by atoms with Crippen molar-refractivity contribution in [3.05, 3.63) is 27.3 Å². The molecule has 0 bridgehead atoms. The van der Waals surface area contributed by atoms with Crippen molar-refractivity contribution in [1.82, 2.24) is 0 Å². The van der Waals surface area contributed by atoms with E-state index >= 15 is 0 Å². The lowest BCUT2D eigenvalue weighted by Gasteiger charge is -2.23. The lowest BCUT2D eigenvalue weighted by molar-refractivity contribution is 0.655. The number of hydrogen-bond acceptors (Lipinski definition) is 2. The van der Waals surface area contributed by atoms with Gasteiger partial charge in [-0.1, -0.05) is 6.07 Å². The van der Waals surface area contributed by atoms with Gasteiger partial charge < -0.3 is 11.1 Å². The first-order valence-electron chi connectivity index (χ1n) is 4.06. The number of nitrogens with two attached hydrogens (primary N) is 1. The van der Waals surface area contributed by atoms with Crippen LogP contribution >= 0.6 is 22.6 Å². The van der Waals surface area contributed by atoms with Crippen LogP contribution in [-0.4, -0.2) is 6.54 Å². The molecule has 1 aromatic rings. The molecule has 0 saturated heterocycles. The number of hydrogen-bond donors (Lipinski definition) is 2. The fraction of sp³-hybridized carbons (Fsp3) is 0.333. The van der Waals surface area contributed by atoms with Crippen molar-refractivity contribution < 1.29 is 0 Å². The van der Waals surface area contributed by atoms with E-state index in [4.69, 9.17) is 5.73 Å². The lowest BCUT2D eigenvalue weighted by Crippen LogP contribution is -2.22. The first-order valence-corrected chi connectivity index (χ1v) is 5.14. The number of fused-ring (bicyclic) bond motifs is 1. The highest BCUT2D eigenvalue weighted by Crippen LogP contribution is 2.28. The molecule has 3 N–H and O–H groups in total. The van der Waals surface area contributed by atoms with Crippen LogP contribution in [0, 0.1) is 3.57 Å². The predicted molar refractivity (Wildman–Crippen MR) is 59.2 cm³/mol. The Morgan fingerprint density at radius 1 is 1.50 bits per heavy atom. The molecule has 0 fully saturated rings. The van der Waals surface area contributed by atoms with Gasteiger partial charge >= 0.3 is 0 Å². The molecule has 0 saturated carbocycles. The standard InChI is InChI=1S/C9H11IN2/c10-6-1-2-7-8(11)3-4-12-9(7)5-6/h1-2,5,8,12H,3-4,11H2/t8-/m0/s1. The first-order chi connectivity index (χ1) is 5.77. The topological polar surface area (TPSA) is 38.0 Å². The molecule has 64 valence electrons. The van der Waals surface area contributed by atoms with Crippen LogP contribution in [0.5, 0.6) is 0 Å². The maximum atomic E-state index is 5.95. The van der Waals surface area contributed by atoms with Gasteiger partial charge in [-0.3, -0.25) is 0 Å². The van der Waals surface area contributed by atoms with Crippen LogP contribution in [0.15, 0.2) is 18.2 Å². The second kappa shape index (κ2) is 3.22. The Kier molecular flexibility index (Phi) is 2.23. The second-order valence-corrected chi connectivity index (χ2v) is 4.30. The normalized spacial score (nSPS) is 21.3. The van der Waals surface area contributed by atoms with Gasteiger partial charge in [0.15, 0.2) is 0 Å². The minimum absolute atomic E-state index is 0.221. The first kappa shape index (κ1) is 8.31. The monoisotopic (exact) mass is 274 g/mol. The van der Waals surface area contributed by atoms with Crippen LogP contribution < -0.4 is 11.1 Å². The van der Waals surface area contributed by atoms with Crippen molar-refractivity contribution in [2.24, 2.45) is 5.73 Å². The fourth-order valence-corrected chi connectivity index (χ4v) is 2.01. The third kappa shape index (κ3) is 1.43. The Bertz CT molecular complexity index is 299. The average molecular weight is 274 g/mol. The summed E-state index contributed by atoms with van der Waals surface area (Å²) in [6.45, 7) is 0.994. The van der Waals surface area contributed by atoms with E-state index in [0.29, 0.717) is 0 Å². The zero-order valence-electron chi connectivity index (χ0n) is 6.68. The number of rotatable bonds is 0. The molecule has 0 amide bonds. The summed E-state index contributed by atoms with van der Waals surface area (Å²) >= 11 is 2.31.